The van der Waals surface area contributed by atoms with Gasteiger partial charge in [0.2, 0.25) is 0 Å². The number of hydrogen-bond donors (Lipinski definition) is 0. The summed E-state index contributed by atoms with van der Waals surface area (Å²) >= 11 is 1.90. The van der Waals surface area contributed by atoms with Crippen LogP contribution in [0.2, 0.25) is 0 Å². The fraction of sp³-hybridized carbons (Fsp3) is 0.125. The lowest BCUT2D eigenvalue weighted by molar-refractivity contribution is 0.386. The van der Waals surface area contributed by atoms with E-state index in [1.807, 2.05) is 28.7 Å². The third kappa shape index (κ3) is 1.67. The van der Waals surface area contributed by atoms with Crippen molar-refractivity contribution in [3.05, 3.63) is 27.1 Å². The van der Waals surface area contributed by atoms with Crippen LogP contribution in [-0.2, 0) is 0 Å². The number of halogens is 2. The van der Waals surface area contributed by atoms with E-state index >= 15 is 0 Å². The van der Waals surface area contributed by atoms with E-state index in [0.717, 1.165) is 0 Å². The van der Waals surface area contributed by atoms with Gasteiger partial charge in [0.15, 0.2) is 11.6 Å². The molecule has 0 radical (unpaired) electrons. The van der Waals surface area contributed by atoms with Gasteiger partial charge in [-0.2, -0.15) is 5.26 Å². The largest absolute Gasteiger partial charge is 0.494 e. The molecular weight excluding hydrogens is 272 g/mol. The average molecular weight is 277 g/mol. The van der Waals surface area contributed by atoms with E-state index in [4.69, 9.17) is 10.00 Å². The molecule has 62 valence electrons. The standard InChI is InChI=1S/C8H5FINO/c1-12-8-2-5(4-11)7(10)3-6(8)9/h2-3H,1H3. The molecular formula is C8H5FINO. The summed E-state index contributed by atoms with van der Waals surface area (Å²) in [6, 6.07) is 4.60. The molecule has 0 unspecified atom stereocenters. The van der Waals surface area contributed by atoms with Crippen molar-refractivity contribution in [2.75, 3.05) is 7.11 Å². The molecule has 2 nitrogen and oxygen atoms in total. The molecule has 0 heterocycles. The van der Waals surface area contributed by atoms with E-state index < -0.39 is 5.82 Å². The van der Waals surface area contributed by atoms with Gasteiger partial charge in [-0.1, -0.05) is 0 Å². The van der Waals surface area contributed by atoms with Crippen LogP contribution >= 0.6 is 22.6 Å². The Morgan fingerprint density at radius 2 is 2.25 bits per heavy atom. The second-order valence-electron chi connectivity index (χ2n) is 2.08. The molecule has 0 aliphatic rings. The van der Waals surface area contributed by atoms with Gasteiger partial charge in [0.25, 0.3) is 0 Å². The van der Waals surface area contributed by atoms with E-state index in [0.29, 0.717) is 9.13 Å². The number of ether oxygens (including phenoxy) is 1. The average Bonchev–Trinajstić information content (AvgIpc) is 2.05. The molecule has 0 N–H and O–H groups in total. The zero-order chi connectivity index (χ0) is 9.14. The molecule has 1 aromatic carbocycles. The van der Waals surface area contributed by atoms with Gasteiger partial charge in [-0.15, -0.1) is 0 Å². The quantitative estimate of drug-likeness (QED) is 0.738. The molecule has 0 aromatic heterocycles. The van der Waals surface area contributed by atoms with E-state index in [1.165, 1.54) is 19.2 Å². The monoisotopic (exact) mass is 277 g/mol. The highest BCUT2D eigenvalue weighted by atomic mass is 127. The summed E-state index contributed by atoms with van der Waals surface area (Å²) in [5, 5.41) is 8.60. The highest BCUT2D eigenvalue weighted by Crippen LogP contribution is 2.22. The Hall–Kier alpha value is -0.830. The number of nitrogens with zero attached hydrogens (tertiary/aromatic N) is 1. The Morgan fingerprint density at radius 1 is 1.58 bits per heavy atom. The minimum atomic E-state index is -0.444. The van der Waals surface area contributed by atoms with Crippen molar-refractivity contribution in [2.24, 2.45) is 0 Å². The van der Waals surface area contributed by atoms with Crippen molar-refractivity contribution in [1.29, 1.82) is 5.26 Å². The summed E-state index contributed by atoms with van der Waals surface area (Å²) < 4.78 is 18.2. The number of benzene rings is 1. The molecule has 0 aliphatic carbocycles. The third-order valence-electron chi connectivity index (χ3n) is 1.36. The van der Waals surface area contributed by atoms with E-state index in [2.05, 4.69) is 0 Å². The Balaban J connectivity index is 3.30. The van der Waals surface area contributed by atoms with Crippen molar-refractivity contribution < 1.29 is 9.13 Å². The van der Waals surface area contributed by atoms with Crippen LogP contribution in [0.1, 0.15) is 5.56 Å². The lowest BCUT2D eigenvalue weighted by Gasteiger charge is -2.02. The molecule has 12 heavy (non-hydrogen) atoms. The van der Waals surface area contributed by atoms with E-state index in [9.17, 15) is 4.39 Å². The molecule has 0 saturated heterocycles. The van der Waals surface area contributed by atoms with Gasteiger partial charge in [-0.05, 0) is 28.7 Å². The number of rotatable bonds is 1. The van der Waals surface area contributed by atoms with Crippen molar-refractivity contribution in [3.8, 4) is 11.8 Å². The summed E-state index contributed by atoms with van der Waals surface area (Å²) in [6.07, 6.45) is 0. The highest BCUT2D eigenvalue weighted by Gasteiger charge is 2.07. The summed E-state index contributed by atoms with van der Waals surface area (Å²) in [5.74, 6) is -0.340. The van der Waals surface area contributed by atoms with Gasteiger partial charge in [-0.3, -0.25) is 0 Å². The number of hydrogen-bond acceptors (Lipinski definition) is 2. The Bertz CT molecular complexity index is 346. The van der Waals surface area contributed by atoms with Crippen LogP contribution in [0.15, 0.2) is 12.1 Å². The molecule has 4 heteroatoms. The smallest absolute Gasteiger partial charge is 0.166 e. The first-order valence-electron chi connectivity index (χ1n) is 3.12. The van der Waals surface area contributed by atoms with E-state index in [-0.39, 0.29) is 5.75 Å². The van der Waals surface area contributed by atoms with Gasteiger partial charge in [0.05, 0.1) is 12.7 Å². The second-order valence-corrected chi connectivity index (χ2v) is 3.24. The minimum absolute atomic E-state index is 0.104. The van der Waals surface area contributed by atoms with Crippen molar-refractivity contribution in [1.82, 2.24) is 0 Å². The number of methoxy groups -OCH3 is 1. The predicted octanol–water partition coefficient (Wildman–Crippen LogP) is 2.31. The maximum absolute atomic E-state index is 12.9. The molecule has 0 spiro atoms. The van der Waals surface area contributed by atoms with Crippen LogP contribution in [0.3, 0.4) is 0 Å². The molecule has 1 rings (SSSR count). The Morgan fingerprint density at radius 3 is 2.75 bits per heavy atom. The first-order valence-corrected chi connectivity index (χ1v) is 4.20. The van der Waals surface area contributed by atoms with Gasteiger partial charge >= 0.3 is 0 Å². The Labute approximate surface area is 83.1 Å². The minimum Gasteiger partial charge on any atom is -0.494 e. The van der Waals surface area contributed by atoms with Crippen molar-refractivity contribution >= 4 is 22.6 Å². The molecule has 0 saturated carbocycles. The molecule has 0 amide bonds. The van der Waals surface area contributed by atoms with Crippen molar-refractivity contribution in [2.45, 2.75) is 0 Å². The SMILES string of the molecule is COc1cc(C#N)c(I)cc1F. The zero-order valence-corrected chi connectivity index (χ0v) is 8.42. The summed E-state index contributed by atoms with van der Waals surface area (Å²) in [5.41, 5.74) is 0.425. The zero-order valence-electron chi connectivity index (χ0n) is 6.27. The van der Waals surface area contributed by atoms with Crippen LogP contribution < -0.4 is 4.74 Å². The van der Waals surface area contributed by atoms with Crippen LogP contribution in [0.25, 0.3) is 0 Å². The lowest BCUT2D eigenvalue weighted by Crippen LogP contribution is -1.91. The third-order valence-corrected chi connectivity index (χ3v) is 2.25. The highest BCUT2D eigenvalue weighted by molar-refractivity contribution is 14.1. The van der Waals surface area contributed by atoms with Gasteiger partial charge in [0, 0.05) is 9.64 Å². The molecule has 0 bridgehead atoms. The lowest BCUT2D eigenvalue weighted by atomic mass is 10.2. The van der Waals surface area contributed by atoms with Gasteiger partial charge in [-0.25, -0.2) is 4.39 Å². The molecule has 0 atom stereocenters. The van der Waals surface area contributed by atoms with Crippen LogP contribution in [0, 0.1) is 20.7 Å². The van der Waals surface area contributed by atoms with Crippen LogP contribution in [0.4, 0.5) is 4.39 Å². The Kier molecular flexibility index (Phi) is 2.87. The fourth-order valence-corrected chi connectivity index (χ4v) is 1.32. The topological polar surface area (TPSA) is 33.0 Å². The maximum Gasteiger partial charge on any atom is 0.166 e. The summed E-state index contributed by atoms with van der Waals surface area (Å²) in [6.45, 7) is 0. The molecule has 0 aliphatic heterocycles. The second kappa shape index (κ2) is 3.72. The number of nitriles is 1. The van der Waals surface area contributed by atoms with Gasteiger partial charge in [0.1, 0.15) is 6.07 Å². The molecule has 1 aromatic rings. The summed E-state index contributed by atoms with van der Waals surface area (Å²) in [7, 11) is 1.37. The first-order chi connectivity index (χ1) is 5.69. The predicted molar refractivity (Wildman–Crippen MR) is 50.4 cm³/mol. The van der Waals surface area contributed by atoms with Gasteiger partial charge < -0.3 is 4.74 Å². The fourth-order valence-electron chi connectivity index (χ4n) is 0.771. The van der Waals surface area contributed by atoms with E-state index in [1.54, 1.807) is 0 Å². The van der Waals surface area contributed by atoms with Crippen molar-refractivity contribution in [3.63, 3.8) is 0 Å². The normalized spacial score (nSPS) is 9.17. The maximum atomic E-state index is 12.9. The van der Waals surface area contributed by atoms with Crippen LogP contribution in [0.5, 0.6) is 5.75 Å². The first kappa shape index (κ1) is 9.26. The summed E-state index contributed by atoms with van der Waals surface area (Å²) in [4.78, 5) is 0. The molecule has 0 fully saturated rings. The van der Waals surface area contributed by atoms with Crippen LogP contribution in [-0.4, -0.2) is 7.11 Å².